The molecule has 4 aromatic heterocycles. The van der Waals surface area contributed by atoms with Gasteiger partial charge in [-0.25, -0.2) is 9.59 Å². The molecule has 19 heteroatoms. The number of guanidine groups is 1. The second kappa shape index (κ2) is 19.4. The summed E-state index contributed by atoms with van der Waals surface area (Å²) in [4.78, 5) is 35.6. The first kappa shape index (κ1) is 46.9. The van der Waals surface area contributed by atoms with E-state index in [1.807, 2.05) is 84.6 Å². The Morgan fingerprint density at radius 3 is 1.34 bits per heavy atom. The molecular weight excluding hydrogens is 887 g/mol. The highest BCUT2D eigenvalue weighted by molar-refractivity contribution is 5.99. The van der Waals surface area contributed by atoms with Crippen LogP contribution in [0.4, 0.5) is 0 Å². The van der Waals surface area contributed by atoms with E-state index in [0.717, 1.165) is 113 Å². The van der Waals surface area contributed by atoms with Crippen molar-refractivity contribution < 1.29 is 9.47 Å². The number of ether oxygens (including phenoxy) is 2. The zero-order valence-electron chi connectivity index (χ0n) is 39.8. The average Bonchev–Trinajstić information content (AvgIpc) is 4.07. The molecule has 364 valence electrons. The summed E-state index contributed by atoms with van der Waals surface area (Å²) >= 11 is 0. The van der Waals surface area contributed by atoms with E-state index in [1.54, 1.807) is 9.13 Å². The number of aryl methyl sites for hydroxylation is 2. The predicted molar refractivity (Wildman–Crippen MR) is 276 cm³/mol. The van der Waals surface area contributed by atoms with Crippen molar-refractivity contribution in [3.05, 3.63) is 128 Å². The molecule has 4 aromatic carbocycles. The standard InChI is InChI=1S/C26H31N7O2.C25H30N8O2/c1-3-32-19(12-17-4-5-18(25(28)29)13-23(17)32)15-33-24-14-21(6-7-22(24)30-26(33)34)35-20-8-10-31(11-9-20)16(2)27;1-2-32-17(11-15-3-4-16(23(26)27)12-21(15)32)14-33-22-13-19(5-6-20(22)30-25(33)34)35-18-7-9-31(10-8-18)24(28)29/h4-7,12-14,20,27H,3,8-11,15H2,1-2H3,(H3,28,29)(H,30,34);3-6,11-13,18H,2,7-10,14H2,1H3,(H3,26,27)(H3,28,29)(H,30,34). The fourth-order valence-corrected chi connectivity index (χ4v) is 9.93. The summed E-state index contributed by atoms with van der Waals surface area (Å²) in [5.74, 6) is 2.23. The van der Waals surface area contributed by atoms with E-state index >= 15 is 0 Å². The quantitative estimate of drug-likeness (QED) is 0.0524. The second-order valence-corrected chi connectivity index (χ2v) is 18.1. The summed E-state index contributed by atoms with van der Waals surface area (Å²) in [5.41, 5.74) is 25.1. The molecule has 8 aromatic rings. The Hall–Kier alpha value is -8.22. The third kappa shape index (κ3) is 9.46. The van der Waals surface area contributed by atoms with Gasteiger partial charge in [0.2, 0.25) is 0 Å². The first-order valence-corrected chi connectivity index (χ1v) is 23.8. The van der Waals surface area contributed by atoms with Gasteiger partial charge in [0.05, 0.1) is 41.0 Å². The molecule has 0 aliphatic carbocycles. The number of rotatable bonds is 12. The van der Waals surface area contributed by atoms with Crippen molar-refractivity contribution >= 4 is 67.3 Å². The Labute approximate surface area is 403 Å². The van der Waals surface area contributed by atoms with E-state index in [4.69, 9.17) is 48.3 Å². The lowest BCUT2D eigenvalue weighted by Crippen LogP contribution is -2.44. The molecule has 19 nitrogen and oxygen atoms in total. The van der Waals surface area contributed by atoms with Crippen LogP contribution < -0.4 is 38.1 Å². The average molecular weight is 948 g/mol. The van der Waals surface area contributed by atoms with E-state index in [0.29, 0.717) is 48.9 Å². The van der Waals surface area contributed by atoms with E-state index in [-0.39, 0.29) is 41.2 Å². The Morgan fingerprint density at radius 2 is 0.971 bits per heavy atom. The van der Waals surface area contributed by atoms with Gasteiger partial charge in [-0.15, -0.1) is 0 Å². The first-order valence-electron chi connectivity index (χ1n) is 23.8. The molecule has 0 saturated carbocycles. The number of imidazole rings is 2. The Balaban J connectivity index is 0.000000174. The number of fused-ring (bicyclic) bond motifs is 4. The summed E-state index contributed by atoms with van der Waals surface area (Å²) in [7, 11) is 0. The predicted octanol–water partition coefficient (Wildman–Crippen LogP) is 5.85. The van der Waals surface area contributed by atoms with Crippen molar-refractivity contribution in [2.45, 2.75) is 84.8 Å². The number of piperidine rings is 2. The largest absolute Gasteiger partial charge is 0.490 e. The smallest absolute Gasteiger partial charge is 0.326 e. The third-order valence-electron chi connectivity index (χ3n) is 13.7. The van der Waals surface area contributed by atoms with Crippen molar-refractivity contribution in [3.63, 3.8) is 0 Å². The molecule has 0 bridgehead atoms. The van der Waals surface area contributed by atoms with E-state index < -0.39 is 0 Å². The summed E-state index contributed by atoms with van der Waals surface area (Å²) in [6.45, 7) is 11.3. The van der Waals surface area contributed by atoms with Crippen molar-refractivity contribution in [1.29, 1.82) is 21.6 Å². The number of hydrogen-bond donors (Lipinski definition) is 9. The molecule has 0 unspecified atom stereocenters. The minimum Gasteiger partial charge on any atom is -0.490 e. The van der Waals surface area contributed by atoms with Gasteiger partial charge in [-0.2, -0.15) is 0 Å². The minimum absolute atomic E-state index is 0.0321. The maximum Gasteiger partial charge on any atom is 0.326 e. The van der Waals surface area contributed by atoms with Gasteiger partial charge < -0.3 is 55.6 Å². The van der Waals surface area contributed by atoms with Crippen LogP contribution in [0.5, 0.6) is 11.5 Å². The van der Waals surface area contributed by atoms with Crippen LogP contribution >= 0.6 is 0 Å². The van der Waals surface area contributed by atoms with Crippen molar-refractivity contribution in [3.8, 4) is 11.5 Å². The van der Waals surface area contributed by atoms with Crippen LogP contribution in [0.3, 0.4) is 0 Å². The maximum absolute atomic E-state index is 12.9. The molecule has 2 aliphatic heterocycles. The fraction of sp³-hybridized carbons (Fsp3) is 0.333. The van der Waals surface area contributed by atoms with Crippen LogP contribution in [-0.2, 0) is 26.2 Å². The molecule has 2 saturated heterocycles. The number of likely N-dealkylation sites (tertiary alicyclic amines) is 2. The number of hydrogen-bond acceptors (Lipinski definition) is 8. The second-order valence-electron chi connectivity index (χ2n) is 18.1. The van der Waals surface area contributed by atoms with Crippen LogP contribution in [0.25, 0.3) is 43.9 Å². The molecule has 0 amide bonds. The highest BCUT2D eigenvalue weighted by Crippen LogP contribution is 2.28. The number of nitrogens with two attached hydrogens (primary N) is 3. The Morgan fingerprint density at radius 1 is 0.557 bits per heavy atom. The number of nitrogens with zero attached hydrogens (tertiary/aromatic N) is 6. The molecule has 0 radical (unpaired) electrons. The van der Waals surface area contributed by atoms with Crippen LogP contribution in [0.15, 0.2) is 94.5 Å². The molecule has 2 aliphatic rings. The lowest BCUT2D eigenvalue weighted by molar-refractivity contribution is 0.130. The lowest BCUT2D eigenvalue weighted by Gasteiger charge is -2.32. The molecular formula is C51H61N15O4. The van der Waals surface area contributed by atoms with Crippen LogP contribution in [0, 0.1) is 21.6 Å². The van der Waals surface area contributed by atoms with Crippen molar-refractivity contribution in [2.75, 3.05) is 26.2 Å². The molecule has 2 fully saturated rings. The highest BCUT2D eigenvalue weighted by Gasteiger charge is 2.24. The molecule has 0 atom stereocenters. The summed E-state index contributed by atoms with van der Waals surface area (Å²) in [6.07, 6.45) is 3.45. The van der Waals surface area contributed by atoms with Gasteiger partial charge in [-0.1, -0.05) is 24.3 Å². The number of benzene rings is 4. The van der Waals surface area contributed by atoms with Gasteiger partial charge in [0, 0.05) is 111 Å². The topological polar surface area (TPSA) is 284 Å². The van der Waals surface area contributed by atoms with Crippen molar-refractivity contribution in [1.82, 2.24) is 38.0 Å². The highest BCUT2D eigenvalue weighted by atomic mass is 16.5. The molecule has 12 N–H and O–H groups in total. The SMILES string of the molecule is CCn1c(Cn2c(=O)[nH]c3ccc(OC4CCN(C(=N)N)CC4)cc32)cc2ccc(C(=N)N)cc21.CCn1c(Cn2c(=O)[nH]c3ccc(OC4CCN(C(C)=N)CC4)cc32)cc2ccc(C(=N)N)cc21. The first-order chi connectivity index (χ1) is 33.7. The number of H-pyrrole nitrogens is 2. The number of aromatic nitrogens is 6. The summed E-state index contributed by atoms with van der Waals surface area (Å²) in [5, 5.41) is 33.0. The van der Waals surface area contributed by atoms with E-state index in [9.17, 15) is 9.59 Å². The normalized spacial score (nSPS) is 14.6. The zero-order valence-corrected chi connectivity index (χ0v) is 39.8. The number of nitrogen functional groups attached to an aromatic ring is 2. The third-order valence-corrected chi connectivity index (χ3v) is 13.7. The van der Waals surface area contributed by atoms with Gasteiger partial charge in [0.1, 0.15) is 35.4 Å². The summed E-state index contributed by atoms with van der Waals surface area (Å²) < 4.78 is 20.3. The van der Waals surface area contributed by atoms with Gasteiger partial charge in [-0.05, 0) is 80.1 Å². The van der Waals surface area contributed by atoms with Gasteiger partial charge in [0.15, 0.2) is 5.96 Å². The van der Waals surface area contributed by atoms with Crippen LogP contribution in [-0.4, -0.2) is 99.9 Å². The van der Waals surface area contributed by atoms with E-state index in [2.05, 4.69) is 50.0 Å². The fourth-order valence-electron chi connectivity index (χ4n) is 9.93. The van der Waals surface area contributed by atoms with Crippen LogP contribution in [0.2, 0.25) is 0 Å². The lowest BCUT2D eigenvalue weighted by atomic mass is 10.1. The zero-order chi connectivity index (χ0) is 49.4. The maximum atomic E-state index is 12.9. The number of aromatic amines is 2. The molecule has 70 heavy (non-hydrogen) atoms. The number of nitrogens with one attached hydrogen (secondary N) is 6. The summed E-state index contributed by atoms with van der Waals surface area (Å²) in [6, 6.07) is 27.1. The molecule has 6 heterocycles. The van der Waals surface area contributed by atoms with Gasteiger partial charge in [-0.3, -0.25) is 30.8 Å². The van der Waals surface area contributed by atoms with Crippen molar-refractivity contribution in [2.24, 2.45) is 17.2 Å². The Bertz CT molecular complexity index is 3200. The van der Waals surface area contributed by atoms with Gasteiger partial charge >= 0.3 is 11.4 Å². The van der Waals surface area contributed by atoms with E-state index in [1.165, 1.54) is 0 Å². The molecule has 0 spiro atoms. The van der Waals surface area contributed by atoms with Crippen LogP contribution in [0.1, 0.15) is 69.0 Å². The monoisotopic (exact) mass is 948 g/mol. The van der Waals surface area contributed by atoms with Gasteiger partial charge in [0.25, 0.3) is 0 Å². The Kier molecular flexibility index (Phi) is 13.0. The number of amidine groups is 3. The molecule has 10 rings (SSSR count). The minimum atomic E-state index is -0.177.